The molecule has 40 heavy (non-hydrogen) atoms. The summed E-state index contributed by atoms with van der Waals surface area (Å²) in [5.74, 6) is -0.107. The molecule has 1 amide bonds. The van der Waals surface area contributed by atoms with Crippen LogP contribution in [0.25, 0.3) is 0 Å². The average molecular weight is 551 g/mol. The van der Waals surface area contributed by atoms with Gasteiger partial charge in [-0.3, -0.25) is 4.79 Å². The Balaban J connectivity index is 1.40. The van der Waals surface area contributed by atoms with Gasteiger partial charge in [0.1, 0.15) is 11.5 Å². The van der Waals surface area contributed by atoms with Gasteiger partial charge in [0, 0.05) is 68.3 Å². The smallest absolute Gasteiger partial charge is 0.278 e. The minimum Gasteiger partial charge on any atom is -0.506 e. The Kier molecular flexibility index (Phi) is 7.79. The molecular weight excluding hydrogens is 516 g/mol. The molecule has 0 bridgehead atoms. The zero-order valence-electron chi connectivity index (χ0n) is 21.8. The first-order valence-electron chi connectivity index (χ1n) is 13.0. The maximum atomic E-state index is 12.5. The molecule has 0 radical (unpaired) electrons. The molecule has 2 fully saturated rings. The van der Waals surface area contributed by atoms with E-state index in [1.165, 1.54) is 30.5 Å². The standard InChI is InChI=1S/C25H34N12O3/c26-13-6-14(27)10-36(9-13)24-33-23(34-25(35-24)37-11-15(28)7-16(29)12-37)31-17-3-4-18(20(39)8-17)32-22(40)21-19(38)2-1-5-30-21/h1-5,8,13-16,38-39H,6-7,9-12,26-29H2,(H,32,40)(H,31,33,34,35)/t13-,14+,15-,16+. The molecular formula is C25H34N12O3. The third-order valence-corrected chi connectivity index (χ3v) is 6.71. The second-order valence-electron chi connectivity index (χ2n) is 10.3. The van der Waals surface area contributed by atoms with Gasteiger partial charge in [0.15, 0.2) is 5.69 Å². The van der Waals surface area contributed by atoms with Crippen LogP contribution in [0.3, 0.4) is 0 Å². The van der Waals surface area contributed by atoms with E-state index < -0.39 is 5.91 Å². The summed E-state index contributed by atoms with van der Waals surface area (Å²) in [6.45, 7) is 2.15. The number of carbonyl (C=O) groups is 1. The van der Waals surface area contributed by atoms with Gasteiger partial charge in [-0.05, 0) is 37.1 Å². The lowest BCUT2D eigenvalue weighted by molar-refractivity contribution is 0.101. The molecule has 0 aliphatic carbocycles. The molecule has 12 N–H and O–H groups in total. The molecule has 0 spiro atoms. The normalized spacial score (nSPS) is 23.1. The lowest BCUT2D eigenvalue weighted by Gasteiger charge is -2.37. The molecule has 4 heterocycles. The number of nitrogens with two attached hydrogens (primary N) is 4. The number of amides is 1. The van der Waals surface area contributed by atoms with Gasteiger partial charge in [0.05, 0.1) is 5.69 Å². The summed E-state index contributed by atoms with van der Waals surface area (Å²) in [6, 6.07) is 6.92. The van der Waals surface area contributed by atoms with Gasteiger partial charge in [-0.2, -0.15) is 15.0 Å². The van der Waals surface area contributed by atoms with E-state index in [1.54, 1.807) is 6.07 Å². The van der Waals surface area contributed by atoms with E-state index in [0.717, 1.165) is 0 Å². The number of rotatable bonds is 6. The Hall–Kier alpha value is -4.31. The summed E-state index contributed by atoms with van der Waals surface area (Å²) in [6.07, 6.45) is 2.80. The van der Waals surface area contributed by atoms with Crippen molar-refractivity contribution in [2.75, 3.05) is 46.6 Å². The first kappa shape index (κ1) is 27.3. The molecule has 2 aliphatic rings. The molecule has 2 saturated heterocycles. The summed E-state index contributed by atoms with van der Waals surface area (Å²) in [5, 5.41) is 26.1. The summed E-state index contributed by atoms with van der Waals surface area (Å²) in [7, 11) is 0. The van der Waals surface area contributed by atoms with Crippen molar-refractivity contribution in [1.82, 2.24) is 19.9 Å². The van der Waals surface area contributed by atoms with E-state index in [0.29, 0.717) is 56.6 Å². The van der Waals surface area contributed by atoms with Crippen molar-refractivity contribution in [3.63, 3.8) is 0 Å². The van der Waals surface area contributed by atoms with Crippen LogP contribution in [-0.4, -0.2) is 86.4 Å². The number of phenolic OH excluding ortho intramolecular Hbond substituents is 1. The number of pyridine rings is 1. The highest BCUT2D eigenvalue weighted by molar-refractivity contribution is 6.05. The van der Waals surface area contributed by atoms with Crippen LogP contribution >= 0.6 is 0 Å². The number of anilines is 5. The molecule has 3 aromatic rings. The first-order chi connectivity index (χ1) is 19.1. The molecule has 4 atom stereocenters. The monoisotopic (exact) mass is 550 g/mol. The van der Waals surface area contributed by atoms with E-state index in [9.17, 15) is 15.0 Å². The summed E-state index contributed by atoms with van der Waals surface area (Å²) >= 11 is 0. The van der Waals surface area contributed by atoms with Crippen LogP contribution in [-0.2, 0) is 0 Å². The molecule has 2 aliphatic heterocycles. The first-order valence-corrected chi connectivity index (χ1v) is 13.0. The fourth-order valence-electron chi connectivity index (χ4n) is 4.97. The Morgan fingerprint density at radius 2 is 1.40 bits per heavy atom. The number of nitrogens with zero attached hydrogens (tertiary/aromatic N) is 6. The summed E-state index contributed by atoms with van der Waals surface area (Å²) in [5.41, 5.74) is 25.3. The van der Waals surface area contributed by atoms with Crippen molar-refractivity contribution in [1.29, 1.82) is 0 Å². The maximum absolute atomic E-state index is 12.5. The van der Waals surface area contributed by atoms with Crippen molar-refractivity contribution >= 4 is 35.1 Å². The maximum Gasteiger partial charge on any atom is 0.278 e. The van der Waals surface area contributed by atoms with Crippen LogP contribution in [0.5, 0.6) is 11.5 Å². The number of aromatic nitrogens is 4. The lowest BCUT2D eigenvalue weighted by atomic mass is 10.0. The van der Waals surface area contributed by atoms with Crippen LogP contribution in [0.1, 0.15) is 23.3 Å². The quantitative estimate of drug-likeness (QED) is 0.179. The summed E-state index contributed by atoms with van der Waals surface area (Å²) < 4.78 is 0. The van der Waals surface area contributed by atoms with E-state index in [2.05, 4.69) is 25.6 Å². The van der Waals surface area contributed by atoms with Gasteiger partial charge >= 0.3 is 0 Å². The third kappa shape index (κ3) is 6.28. The number of hydrogen-bond acceptors (Lipinski definition) is 14. The van der Waals surface area contributed by atoms with Crippen molar-refractivity contribution in [3.8, 4) is 11.5 Å². The van der Waals surface area contributed by atoms with Gasteiger partial charge in [-0.15, -0.1) is 0 Å². The Bertz CT molecular complexity index is 1310. The zero-order chi connectivity index (χ0) is 28.4. The molecule has 15 heteroatoms. The van der Waals surface area contributed by atoms with Crippen molar-refractivity contribution in [2.24, 2.45) is 22.9 Å². The van der Waals surface area contributed by atoms with Gasteiger partial charge in [-0.25, -0.2) is 4.98 Å². The van der Waals surface area contributed by atoms with Crippen molar-refractivity contribution in [2.45, 2.75) is 37.0 Å². The highest BCUT2D eigenvalue weighted by Gasteiger charge is 2.29. The van der Waals surface area contributed by atoms with Crippen LogP contribution in [0.4, 0.5) is 29.2 Å². The molecule has 2 aromatic heterocycles. The van der Waals surface area contributed by atoms with E-state index >= 15 is 0 Å². The molecule has 15 nitrogen and oxygen atoms in total. The predicted octanol–water partition coefficient (Wildman–Crippen LogP) is -0.597. The Morgan fingerprint density at radius 1 is 0.825 bits per heavy atom. The highest BCUT2D eigenvalue weighted by Crippen LogP contribution is 2.30. The second-order valence-corrected chi connectivity index (χ2v) is 10.3. The Labute approximate surface area is 230 Å². The topological polar surface area (TPSA) is 244 Å². The molecule has 5 rings (SSSR count). The van der Waals surface area contributed by atoms with Gasteiger partial charge < -0.3 is 53.6 Å². The number of nitrogens with one attached hydrogen (secondary N) is 2. The molecule has 1 aromatic carbocycles. The average Bonchev–Trinajstić information content (AvgIpc) is 2.89. The van der Waals surface area contributed by atoms with Gasteiger partial charge in [0.2, 0.25) is 17.8 Å². The predicted molar refractivity (Wildman–Crippen MR) is 151 cm³/mol. The number of hydrogen-bond donors (Lipinski definition) is 8. The van der Waals surface area contributed by atoms with Crippen LogP contribution in [0, 0.1) is 0 Å². The lowest BCUT2D eigenvalue weighted by Crippen LogP contribution is -2.54. The fourth-order valence-corrected chi connectivity index (χ4v) is 4.97. The van der Waals surface area contributed by atoms with Crippen LogP contribution < -0.4 is 43.4 Å². The Morgan fingerprint density at radius 3 is 1.93 bits per heavy atom. The van der Waals surface area contributed by atoms with E-state index in [-0.39, 0.29) is 53.0 Å². The van der Waals surface area contributed by atoms with Gasteiger partial charge in [-0.1, -0.05) is 0 Å². The minimum absolute atomic E-state index is 0.120. The van der Waals surface area contributed by atoms with Crippen LogP contribution in [0.15, 0.2) is 36.5 Å². The zero-order valence-corrected chi connectivity index (χ0v) is 21.8. The SMILES string of the molecule is N[C@@H]1C[C@H](N)CN(c2nc(Nc3ccc(NC(=O)c4ncccc4O)c(O)c3)nc(N3C[C@H](N)C[C@H](N)C3)n2)C1. The van der Waals surface area contributed by atoms with Crippen molar-refractivity contribution in [3.05, 3.63) is 42.2 Å². The number of benzene rings is 1. The number of carbonyl (C=O) groups excluding carboxylic acids is 1. The number of piperidine rings is 2. The summed E-state index contributed by atoms with van der Waals surface area (Å²) in [4.78, 5) is 34.2. The molecule has 0 saturated carbocycles. The number of aromatic hydroxyl groups is 2. The number of phenols is 1. The second kappa shape index (κ2) is 11.4. The third-order valence-electron chi connectivity index (χ3n) is 6.71. The van der Waals surface area contributed by atoms with E-state index in [4.69, 9.17) is 27.9 Å². The van der Waals surface area contributed by atoms with Gasteiger partial charge in [0.25, 0.3) is 5.91 Å². The highest BCUT2D eigenvalue weighted by atomic mass is 16.3. The van der Waals surface area contributed by atoms with E-state index in [1.807, 2.05) is 9.80 Å². The largest absolute Gasteiger partial charge is 0.506 e. The molecule has 0 unspecified atom stereocenters. The fraction of sp³-hybridized carbons (Fsp3) is 0.400. The minimum atomic E-state index is -0.670. The molecule has 212 valence electrons. The van der Waals surface area contributed by atoms with Crippen LogP contribution in [0.2, 0.25) is 0 Å². The van der Waals surface area contributed by atoms with Crippen molar-refractivity contribution < 1.29 is 15.0 Å².